The zero-order chi connectivity index (χ0) is 23.5. The highest BCUT2D eigenvalue weighted by Crippen LogP contribution is 2.22. The molecule has 0 spiro atoms. The Morgan fingerprint density at radius 2 is 1.97 bits per heavy atom. The Kier molecular flexibility index (Phi) is 6.11. The number of aryl methyl sites for hydroxylation is 1. The molecule has 33 heavy (non-hydrogen) atoms. The van der Waals surface area contributed by atoms with Crippen molar-refractivity contribution < 1.29 is 14.5 Å². The van der Waals surface area contributed by atoms with Gasteiger partial charge in [-0.2, -0.15) is 0 Å². The number of hydrogen-bond donors (Lipinski definition) is 1. The summed E-state index contributed by atoms with van der Waals surface area (Å²) >= 11 is 0. The number of nitrogens with one attached hydrogen (secondary N) is 1. The third kappa shape index (κ3) is 4.71. The number of likely N-dealkylation sites (tertiary alicyclic amines) is 1. The molecule has 2 aromatic heterocycles. The number of pyridine rings is 1. The van der Waals surface area contributed by atoms with Gasteiger partial charge in [0.15, 0.2) is 5.69 Å². The standard InChI is InChI=1S/C22H23N7O4/c1-14-6-3-10-19(23-14)24-21(30)16-7-5-11-27(13-16)22(31)20-15(2)28(26-25-20)17-8-4-9-18(12-17)29(32)33/h3-4,6,8-10,12,16H,5,7,11,13H2,1-2H3,(H,23,24,30). The highest BCUT2D eigenvalue weighted by atomic mass is 16.6. The van der Waals surface area contributed by atoms with Gasteiger partial charge in [-0.15, -0.1) is 5.10 Å². The molecule has 2 amide bonds. The first-order valence-corrected chi connectivity index (χ1v) is 10.5. The van der Waals surface area contributed by atoms with Gasteiger partial charge in [-0.05, 0) is 44.9 Å². The van der Waals surface area contributed by atoms with Crippen molar-refractivity contribution in [2.45, 2.75) is 26.7 Å². The minimum atomic E-state index is -0.493. The first-order valence-electron chi connectivity index (χ1n) is 10.5. The largest absolute Gasteiger partial charge is 0.336 e. The number of anilines is 1. The Morgan fingerprint density at radius 3 is 2.73 bits per heavy atom. The van der Waals surface area contributed by atoms with E-state index in [4.69, 9.17) is 0 Å². The van der Waals surface area contributed by atoms with Gasteiger partial charge in [-0.3, -0.25) is 19.7 Å². The number of rotatable bonds is 5. The molecule has 11 heteroatoms. The van der Waals surface area contributed by atoms with Gasteiger partial charge >= 0.3 is 0 Å². The van der Waals surface area contributed by atoms with Crippen LogP contribution in [0.1, 0.15) is 34.7 Å². The lowest BCUT2D eigenvalue weighted by atomic mass is 9.96. The van der Waals surface area contributed by atoms with Crippen molar-refractivity contribution in [3.05, 3.63) is 69.7 Å². The van der Waals surface area contributed by atoms with Crippen molar-refractivity contribution in [1.29, 1.82) is 0 Å². The summed E-state index contributed by atoms with van der Waals surface area (Å²) in [6.45, 7) is 4.30. The van der Waals surface area contributed by atoms with Crippen LogP contribution in [0.4, 0.5) is 11.5 Å². The summed E-state index contributed by atoms with van der Waals surface area (Å²) in [5, 5.41) is 22.0. The normalized spacial score (nSPS) is 15.8. The van der Waals surface area contributed by atoms with Crippen LogP contribution in [0.25, 0.3) is 5.69 Å². The van der Waals surface area contributed by atoms with E-state index in [9.17, 15) is 19.7 Å². The molecule has 1 N–H and O–H groups in total. The van der Waals surface area contributed by atoms with E-state index in [1.807, 2.05) is 19.1 Å². The molecule has 0 radical (unpaired) electrons. The third-order valence-electron chi connectivity index (χ3n) is 5.60. The molecule has 11 nitrogen and oxygen atoms in total. The van der Waals surface area contributed by atoms with Crippen LogP contribution in [0.15, 0.2) is 42.5 Å². The number of carbonyl (C=O) groups is 2. The van der Waals surface area contributed by atoms with E-state index in [2.05, 4.69) is 20.6 Å². The Morgan fingerprint density at radius 1 is 1.18 bits per heavy atom. The SMILES string of the molecule is Cc1cccc(NC(=O)C2CCCN(C(=O)c3nnn(-c4cccc([N+](=O)[O-])c4)c3C)C2)n1. The molecule has 170 valence electrons. The Balaban J connectivity index is 1.48. The van der Waals surface area contributed by atoms with Gasteiger partial charge in [-0.25, -0.2) is 9.67 Å². The summed E-state index contributed by atoms with van der Waals surface area (Å²) in [7, 11) is 0. The number of nitro benzene ring substituents is 1. The van der Waals surface area contributed by atoms with E-state index in [-0.39, 0.29) is 35.7 Å². The number of carbonyl (C=O) groups excluding carboxylic acids is 2. The molecule has 0 bridgehead atoms. The van der Waals surface area contributed by atoms with Crippen LogP contribution in [0.2, 0.25) is 0 Å². The summed E-state index contributed by atoms with van der Waals surface area (Å²) in [5.74, 6) is -0.380. The number of nitro groups is 1. The van der Waals surface area contributed by atoms with Crippen molar-refractivity contribution in [1.82, 2.24) is 24.9 Å². The lowest BCUT2D eigenvalue weighted by molar-refractivity contribution is -0.384. The van der Waals surface area contributed by atoms with Gasteiger partial charge in [0.2, 0.25) is 5.91 Å². The number of piperidine rings is 1. The molecule has 1 fully saturated rings. The highest BCUT2D eigenvalue weighted by Gasteiger charge is 2.31. The summed E-state index contributed by atoms with van der Waals surface area (Å²) < 4.78 is 1.40. The third-order valence-corrected chi connectivity index (χ3v) is 5.60. The number of amides is 2. The van der Waals surface area contributed by atoms with Crippen LogP contribution in [-0.4, -0.2) is 54.7 Å². The van der Waals surface area contributed by atoms with E-state index in [0.717, 1.165) is 5.69 Å². The van der Waals surface area contributed by atoms with Gasteiger partial charge in [-0.1, -0.05) is 17.3 Å². The lowest BCUT2D eigenvalue weighted by Crippen LogP contribution is -2.44. The Hall–Kier alpha value is -4.15. The van der Waals surface area contributed by atoms with Gasteiger partial charge in [0.05, 0.1) is 22.2 Å². The molecule has 1 aliphatic heterocycles. The molecule has 0 saturated carbocycles. The number of hydrogen-bond acceptors (Lipinski definition) is 7. The topological polar surface area (TPSA) is 136 Å². The van der Waals surface area contributed by atoms with Gasteiger partial charge in [0, 0.05) is 30.9 Å². The van der Waals surface area contributed by atoms with Crippen LogP contribution in [0.3, 0.4) is 0 Å². The maximum atomic E-state index is 13.2. The number of nitrogens with zero attached hydrogens (tertiary/aromatic N) is 6. The molecule has 4 rings (SSSR count). The van der Waals surface area contributed by atoms with E-state index >= 15 is 0 Å². The Bertz CT molecular complexity index is 1220. The molecule has 1 atom stereocenters. The fraction of sp³-hybridized carbons (Fsp3) is 0.318. The summed E-state index contributed by atoms with van der Waals surface area (Å²) in [4.78, 5) is 42.4. The van der Waals surface area contributed by atoms with Crippen LogP contribution < -0.4 is 5.32 Å². The average molecular weight is 449 g/mol. The van der Waals surface area contributed by atoms with Crippen molar-refractivity contribution in [3.8, 4) is 5.69 Å². The van der Waals surface area contributed by atoms with Crippen LogP contribution in [-0.2, 0) is 4.79 Å². The predicted molar refractivity (Wildman–Crippen MR) is 119 cm³/mol. The molecular weight excluding hydrogens is 426 g/mol. The molecule has 3 heterocycles. The van der Waals surface area contributed by atoms with Crippen LogP contribution in [0.5, 0.6) is 0 Å². The van der Waals surface area contributed by atoms with Crippen molar-refractivity contribution in [3.63, 3.8) is 0 Å². The molecular formula is C22H23N7O4. The van der Waals surface area contributed by atoms with Gasteiger partial charge < -0.3 is 10.2 Å². The van der Waals surface area contributed by atoms with Gasteiger partial charge in [0.1, 0.15) is 5.82 Å². The lowest BCUT2D eigenvalue weighted by Gasteiger charge is -2.31. The molecule has 1 aromatic carbocycles. The number of aromatic nitrogens is 4. The number of benzene rings is 1. The average Bonchev–Trinajstić information content (AvgIpc) is 3.20. The molecule has 1 aliphatic rings. The van der Waals surface area contributed by atoms with E-state index in [1.165, 1.54) is 16.8 Å². The smallest absolute Gasteiger partial charge is 0.276 e. The minimum absolute atomic E-state index is 0.0803. The molecule has 0 aliphatic carbocycles. The summed E-state index contributed by atoms with van der Waals surface area (Å²) in [6.07, 6.45) is 1.35. The van der Waals surface area contributed by atoms with E-state index in [1.54, 1.807) is 30.0 Å². The van der Waals surface area contributed by atoms with Crippen LogP contribution >= 0.6 is 0 Å². The summed E-state index contributed by atoms with van der Waals surface area (Å²) in [6, 6.07) is 11.4. The molecule has 1 saturated heterocycles. The zero-order valence-electron chi connectivity index (χ0n) is 18.3. The van der Waals surface area contributed by atoms with E-state index in [0.29, 0.717) is 36.6 Å². The second-order valence-corrected chi connectivity index (χ2v) is 7.96. The first-order chi connectivity index (χ1) is 15.8. The Labute approximate surface area is 189 Å². The molecule has 3 aromatic rings. The second-order valence-electron chi connectivity index (χ2n) is 7.96. The fourth-order valence-corrected chi connectivity index (χ4v) is 3.88. The van der Waals surface area contributed by atoms with Crippen molar-refractivity contribution in [2.75, 3.05) is 18.4 Å². The van der Waals surface area contributed by atoms with Crippen molar-refractivity contribution >= 4 is 23.3 Å². The summed E-state index contributed by atoms with van der Waals surface area (Å²) in [5.41, 5.74) is 1.78. The maximum absolute atomic E-state index is 13.2. The van der Waals surface area contributed by atoms with E-state index < -0.39 is 4.92 Å². The predicted octanol–water partition coefficient (Wildman–Crippen LogP) is 2.68. The van der Waals surface area contributed by atoms with Crippen LogP contribution in [0, 0.1) is 29.9 Å². The van der Waals surface area contributed by atoms with Gasteiger partial charge in [0.25, 0.3) is 11.6 Å². The minimum Gasteiger partial charge on any atom is -0.336 e. The second kappa shape index (κ2) is 9.15. The maximum Gasteiger partial charge on any atom is 0.276 e. The fourth-order valence-electron chi connectivity index (χ4n) is 3.88. The highest BCUT2D eigenvalue weighted by molar-refractivity contribution is 5.95. The zero-order valence-corrected chi connectivity index (χ0v) is 18.3. The van der Waals surface area contributed by atoms with Crippen molar-refractivity contribution in [2.24, 2.45) is 5.92 Å². The first kappa shape index (κ1) is 22.1. The monoisotopic (exact) mass is 449 g/mol. The quantitative estimate of drug-likeness (QED) is 0.467. The number of non-ortho nitro benzene ring substituents is 1. The molecule has 1 unspecified atom stereocenters.